The summed E-state index contributed by atoms with van der Waals surface area (Å²) in [5.74, 6) is 0.750. The normalized spacial score (nSPS) is 15.2. The minimum Gasteiger partial charge on any atom is -0.367 e. The average molecular weight is 294 g/mol. The molecule has 2 aromatic heterocycles. The molecule has 1 N–H and O–H groups in total. The number of anilines is 1. The molecule has 0 bridgehead atoms. The van der Waals surface area contributed by atoms with Gasteiger partial charge in [-0.05, 0) is 54.7 Å². The Morgan fingerprint density at radius 1 is 1.18 bits per heavy atom. The lowest BCUT2D eigenvalue weighted by molar-refractivity contribution is 0.679. The minimum atomic E-state index is 0.677. The van der Waals surface area contributed by atoms with Gasteiger partial charge in [0, 0.05) is 6.54 Å². The van der Waals surface area contributed by atoms with Crippen LogP contribution >= 0.6 is 0 Å². The molecule has 22 heavy (non-hydrogen) atoms. The van der Waals surface area contributed by atoms with E-state index in [1.165, 1.54) is 25.7 Å². The molecular weight excluding hydrogens is 276 g/mol. The zero-order valence-corrected chi connectivity index (χ0v) is 12.4. The molecule has 0 saturated carbocycles. The standard InChI is InChI=1S/C16H18N6/c1-2-6-12(7-3-1)10-11-17-15-16-19-20-21-22(16)14-9-5-4-8-13(14)18-15/h4-6,8-9H,1-3,7,10-11H2,(H,17,18). The Labute approximate surface area is 128 Å². The van der Waals surface area contributed by atoms with E-state index < -0.39 is 0 Å². The van der Waals surface area contributed by atoms with Crippen molar-refractivity contribution >= 4 is 22.5 Å². The second kappa shape index (κ2) is 5.71. The summed E-state index contributed by atoms with van der Waals surface area (Å²) in [5.41, 5.74) is 4.04. The number of aromatic nitrogens is 5. The van der Waals surface area contributed by atoms with Gasteiger partial charge in [-0.3, -0.25) is 0 Å². The largest absolute Gasteiger partial charge is 0.367 e. The van der Waals surface area contributed by atoms with Crippen molar-refractivity contribution in [3.05, 3.63) is 35.9 Å². The van der Waals surface area contributed by atoms with Crippen molar-refractivity contribution < 1.29 is 0 Å². The molecule has 6 heteroatoms. The van der Waals surface area contributed by atoms with Crippen LogP contribution in [0.25, 0.3) is 16.7 Å². The van der Waals surface area contributed by atoms with Gasteiger partial charge in [-0.2, -0.15) is 4.52 Å². The maximum absolute atomic E-state index is 4.66. The van der Waals surface area contributed by atoms with E-state index in [0.29, 0.717) is 5.65 Å². The highest BCUT2D eigenvalue weighted by molar-refractivity contribution is 5.81. The fraction of sp³-hybridized carbons (Fsp3) is 0.375. The lowest BCUT2D eigenvalue weighted by Crippen LogP contribution is -2.08. The minimum absolute atomic E-state index is 0.677. The zero-order valence-electron chi connectivity index (χ0n) is 12.4. The maximum atomic E-state index is 4.66. The summed E-state index contributed by atoms with van der Waals surface area (Å²) in [7, 11) is 0. The molecule has 6 nitrogen and oxygen atoms in total. The van der Waals surface area contributed by atoms with E-state index in [9.17, 15) is 0 Å². The van der Waals surface area contributed by atoms with Crippen molar-refractivity contribution in [1.82, 2.24) is 25.0 Å². The van der Waals surface area contributed by atoms with Gasteiger partial charge in [-0.1, -0.05) is 23.8 Å². The third-order valence-corrected chi connectivity index (χ3v) is 4.15. The second-order valence-corrected chi connectivity index (χ2v) is 5.65. The Kier molecular flexibility index (Phi) is 3.42. The molecule has 0 fully saturated rings. The number of para-hydroxylation sites is 2. The summed E-state index contributed by atoms with van der Waals surface area (Å²) in [6.07, 6.45) is 8.54. The number of hydrogen-bond donors (Lipinski definition) is 1. The number of nitrogens with zero attached hydrogens (tertiary/aromatic N) is 5. The molecule has 2 heterocycles. The molecule has 0 aliphatic heterocycles. The summed E-state index contributed by atoms with van der Waals surface area (Å²) in [6, 6.07) is 7.89. The molecule has 0 saturated heterocycles. The molecular formula is C16H18N6. The molecule has 0 atom stereocenters. The highest BCUT2D eigenvalue weighted by atomic mass is 15.5. The van der Waals surface area contributed by atoms with Crippen LogP contribution in [0.4, 0.5) is 5.82 Å². The van der Waals surface area contributed by atoms with E-state index in [2.05, 4.69) is 31.9 Å². The number of allylic oxidation sites excluding steroid dienone is 1. The van der Waals surface area contributed by atoms with Crippen molar-refractivity contribution in [2.24, 2.45) is 0 Å². The van der Waals surface area contributed by atoms with Gasteiger partial charge >= 0.3 is 0 Å². The molecule has 0 spiro atoms. The molecule has 0 radical (unpaired) electrons. The fourth-order valence-corrected chi connectivity index (χ4v) is 3.00. The van der Waals surface area contributed by atoms with E-state index in [1.807, 2.05) is 24.3 Å². The summed E-state index contributed by atoms with van der Waals surface area (Å²) in [4.78, 5) is 4.66. The fourth-order valence-electron chi connectivity index (χ4n) is 3.00. The zero-order chi connectivity index (χ0) is 14.8. The maximum Gasteiger partial charge on any atom is 0.222 e. The van der Waals surface area contributed by atoms with E-state index >= 15 is 0 Å². The van der Waals surface area contributed by atoms with Gasteiger partial charge in [0.1, 0.15) is 0 Å². The SMILES string of the molecule is C1=C(CCNc2nc3ccccc3n3nnnc23)CCCC1. The number of nitrogens with one attached hydrogen (secondary N) is 1. The van der Waals surface area contributed by atoms with Gasteiger partial charge in [0.15, 0.2) is 5.82 Å². The predicted molar refractivity (Wildman–Crippen MR) is 85.7 cm³/mol. The molecule has 0 unspecified atom stereocenters. The molecule has 3 aromatic rings. The van der Waals surface area contributed by atoms with Crippen LogP contribution in [-0.2, 0) is 0 Å². The van der Waals surface area contributed by atoms with Crippen molar-refractivity contribution in [3.63, 3.8) is 0 Å². The first-order valence-corrected chi connectivity index (χ1v) is 7.80. The molecule has 4 rings (SSSR count). The lowest BCUT2D eigenvalue weighted by Gasteiger charge is -2.13. The number of rotatable bonds is 4. The Balaban J connectivity index is 1.60. The van der Waals surface area contributed by atoms with Gasteiger partial charge in [-0.25, -0.2) is 4.98 Å². The van der Waals surface area contributed by atoms with Gasteiger partial charge < -0.3 is 5.32 Å². The van der Waals surface area contributed by atoms with Gasteiger partial charge in [0.05, 0.1) is 11.0 Å². The van der Waals surface area contributed by atoms with Crippen molar-refractivity contribution in [2.45, 2.75) is 32.1 Å². The van der Waals surface area contributed by atoms with E-state index in [4.69, 9.17) is 0 Å². The number of benzene rings is 1. The van der Waals surface area contributed by atoms with Crippen molar-refractivity contribution in [3.8, 4) is 0 Å². The van der Waals surface area contributed by atoms with Crippen molar-refractivity contribution in [1.29, 1.82) is 0 Å². The smallest absolute Gasteiger partial charge is 0.222 e. The summed E-state index contributed by atoms with van der Waals surface area (Å²) in [6.45, 7) is 0.861. The van der Waals surface area contributed by atoms with Gasteiger partial charge in [0.2, 0.25) is 5.65 Å². The third-order valence-electron chi connectivity index (χ3n) is 4.15. The van der Waals surface area contributed by atoms with Crippen LogP contribution in [0.3, 0.4) is 0 Å². The van der Waals surface area contributed by atoms with E-state index in [-0.39, 0.29) is 0 Å². The van der Waals surface area contributed by atoms with E-state index in [0.717, 1.165) is 29.8 Å². The first-order chi connectivity index (χ1) is 10.9. The summed E-state index contributed by atoms with van der Waals surface area (Å²) < 4.78 is 1.74. The number of tetrazole rings is 1. The van der Waals surface area contributed by atoms with Crippen LogP contribution in [0.1, 0.15) is 32.1 Å². The highest BCUT2D eigenvalue weighted by Gasteiger charge is 2.11. The first-order valence-electron chi connectivity index (χ1n) is 7.80. The first kappa shape index (κ1) is 13.2. The third kappa shape index (κ3) is 2.41. The molecule has 112 valence electrons. The Bertz CT molecular complexity index is 835. The highest BCUT2D eigenvalue weighted by Crippen LogP contribution is 2.21. The van der Waals surface area contributed by atoms with Crippen LogP contribution < -0.4 is 5.32 Å². The average Bonchev–Trinajstić information content (AvgIpc) is 3.06. The lowest BCUT2D eigenvalue weighted by atomic mass is 9.97. The molecule has 1 aliphatic rings. The predicted octanol–water partition coefficient (Wildman–Crippen LogP) is 2.97. The number of hydrogen-bond acceptors (Lipinski definition) is 5. The summed E-state index contributed by atoms with van der Waals surface area (Å²) in [5, 5.41) is 15.3. The van der Waals surface area contributed by atoms with Gasteiger partial charge in [0.25, 0.3) is 0 Å². The Hall–Kier alpha value is -2.50. The monoisotopic (exact) mass is 294 g/mol. The van der Waals surface area contributed by atoms with E-state index in [1.54, 1.807) is 10.1 Å². The number of fused-ring (bicyclic) bond motifs is 3. The second-order valence-electron chi connectivity index (χ2n) is 5.65. The summed E-state index contributed by atoms with van der Waals surface area (Å²) >= 11 is 0. The van der Waals surface area contributed by atoms with Gasteiger partial charge in [-0.15, -0.1) is 5.10 Å². The Morgan fingerprint density at radius 2 is 2.14 bits per heavy atom. The molecule has 0 amide bonds. The van der Waals surface area contributed by atoms with Crippen molar-refractivity contribution in [2.75, 3.05) is 11.9 Å². The molecule has 1 aliphatic carbocycles. The molecule has 1 aromatic carbocycles. The van der Waals surface area contributed by atoms with Crippen LogP contribution in [0.5, 0.6) is 0 Å². The Morgan fingerprint density at radius 3 is 3.05 bits per heavy atom. The van der Waals surface area contributed by atoms with Crippen LogP contribution in [0, 0.1) is 0 Å². The van der Waals surface area contributed by atoms with Crippen LogP contribution in [0.2, 0.25) is 0 Å². The van der Waals surface area contributed by atoms with Crippen LogP contribution in [-0.4, -0.2) is 31.6 Å². The topological polar surface area (TPSA) is 68.0 Å². The quantitative estimate of drug-likeness (QED) is 0.749. The van der Waals surface area contributed by atoms with Crippen LogP contribution in [0.15, 0.2) is 35.9 Å².